The molecule has 2 N–H and O–H groups in total. The van der Waals surface area contributed by atoms with E-state index in [1.165, 1.54) is 10.9 Å². The molecule has 0 bridgehead atoms. The van der Waals surface area contributed by atoms with Crippen molar-refractivity contribution in [2.75, 3.05) is 6.54 Å². The van der Waals surface area contributed by atoms with Crippen molar-refractivity contribution in [3.8, 4) is 0 Å². The van der Waals surface area contributed by atoms with Crippen LogP contribution in [-0.2, 0) is 25.4 Å². The minimum Gasteiger partial charge on any atom is -0.352 e. The van der Waals surface area contributed by atoms with Crippen LogP contribution in [0, 0.1) is 0 Å². The molecule has 0 saturated carbocycles. The number of aryl methyl sites for hydroxylation is 2. The van der Waals surface area contributed by atoms with Crippen LogP contribution in [0.4, 0.5) is 0 Å². The van der Waals surface area contributed by atoms with Crippen LogP contribution >= 0.6 is 0 Å². The molecule has 2 aromatic rings. The standard InChI is InChI=1S/C15H22N6O3/c1-9-6-10(4-5-16-9)18-11(22)7-21-14(23)12-13(17-8-19(12)2)20(3)15(21)24/h8-10,16H,4-7H2,1-3H3,(H,18,22). The summed E-state index contributed by atoms with van der Waals surface area (Å²) in [5, 5.41) is 6.23. The van der Waals surface area contributed by atoms with Gasteiger partial charge in [-0.3, -0.25) is 14.2 Å². The second kappa shape index (κ2) is 6.23. The van der Waals surface area contributed by atoms with Gasteiger partial charge in [0, 0.05) is 26.2 Å². The van der Waals surface area contributed by atoms with E-state index in [1.807, 2.05) is 0 Å². The number of hydrogen-bond acceptors (Lipinski definition) is 5. The number of carbonyl (C=O) groups is 1. The monoisotopic (exact) mass is 334 g/mol. The maximum atomic E-state index is 12.6. The van der Waals surface area contributed by atoms with Crippen LogP contribution in [0.5, 0.6) is 0 Å². The van der Waals surface area contributed by atoms with Gasteiger partial charge in [-0.1, -0.05) is 0 Å². The summed E-state index contributed by atoms with van der Waals surface area (Å²) in [6, 6.07) is 0.402. The van der Waals surface area contributed by atoms with Gasteiger partial charge in [-0.25, -0.2) is 14.3 Å². The number of carbonyl (C=O) groups excluding carboxylic acids is 1. The Labute approximate surface area is 138 Å². The Morgan fingerprint density at radius 3 is 2.88 bits per heavy atom. The minimum absolute atomic E-state index is 0.0636. The highest BCUT2D eigenvalue weighted by Gasteiger charge is 2.21. The predicted octanol–water partition coefficient (Wildman–Crippen LogP) is -1.31. The molecular formula is C15H22N6O3. The fraction of sp³-hybridized carbons (Fsp3) is 0.600. The normalized spacial score (nSPS) is 21.1. The molecule has 1 aliphatic heterocycles. The van der Waals surface area contributed by atoms with Gasteiger partial charge in [-0.2, -0.15) is 0 Å². The first-order chi connectivity index (χ1) is 11.4. The topological polar surface area (TPSA) is 103 Å². The lowest BCUT2D eigenvalue weighted by Gasteiger charge is -2.28. The minimum atomic E-state index is -0.542. The zero-order chi connectivity index (χ0) is 17.4. The van der Waals surface area contributed by atoms with Gasteiger partial charge in [0.25, 0.3) is 5.56 Å². The van der Waals surface area contributed by atoms with Crippen LogP contribution in [0.3, 0.4) is 0 Å². The molecular weight excluding hydrogens is 312 g/mol. The van der Waals surface area contributed by atoms with E-state index in [0.29, 0.717) is 17.2 Å². The van der Waals surface area contributed by atoms with Gasteiger partial charge in [-0.15, -0.1) is 0 Å². The van der Waals surface area contributed by atoms with E-state index in [1.54, 1.807) is 18.7 Å². The highest BCUT2D eigenvalue weighted by Crippen LogP contribution is 2.08. The van der Waals surface area contributed by atoms with Crippen molar-refractivity contribution in [3.05, 3.63) is 27.2 Å². The van der Waals surface area contributed by atoms with E-state index in [0.717, 1.165) is 24.0 Å². The Hall–Kier alpha value is -2.42. The lowest BCUT2D eigenvalue weighted by Crippen LogP contribution is -2.49. The molecule has 0 aromatic carbocycles. The fourth-order valence-electron chi connectivity index (χ4n) is 3.22. The summed E-state index contributed by atoms with van der Waals surface area (Å²) in [5.41, 5.74) is -0.418. The highest BCUT2D eigenvalue weighted by molar-refractivity contribution is 5.77. The average molecular weight is 334 g/mol. The Bertz CT molecular complexity index is 893. The maximum Gasteiger partial charge on any atom is 0.332 e. The van der Waals surface area contributed by atoms with Gasteiger partial charge in [0.15, 0.2) is 11.2 Å². The van der Waals surface area contributed by atoms with Gasteiger partial charge in [0.2, 0.25) is 5.91 Å². The molecule has 9 nitrogen and oxygen atoms in total. The lowest BCUT2D eigenvalue weighted by molar-refractivity contribution is -0.122. The van der Waals surface area contributed by atoms with Crippen LogP contribution < -0.4 is 21.9 Å². The molecule has 1 fully saturated rings. The van der Waals surface area contributed by atoms with Crippen LogP contribution in [0.2, 0.25) is 0 Å². The van der Waals surface area contributed by atoms with Crippen LogP contribution in [0.25, 0.3) is 11.2 Å². The largest absolute Gasteiger partial charge is 0.352 e. The molecule has 1 amide bonds. The number of nitrogens with one attached hydrogen (secondary N) is 2. The van der Waals surface area contributed by atoms with Crippen molar-refractivity contribution in [2.45, 2.75) is 38.4 Å². The summed E-state index contributed by atoms with van der Waals surface area (Å²) < 4.78 is 3.81. The number of imidazole rings is 1. The molecule has 2 aromatic heterocycles. The Balaban J connectivity index is 1.87. The molecule has 130 valence electrons. The fourth-order valence-corrected chi connectivity index (χ4v) is 3.22. The number of amides is 1. The van der Waals surface area contributed by atoms with E-state index in [9.17, 15) is 14.4 Å². The molecule has 2 atom stereocenters. The van der Waals surface area contributed by atoms with E-state index < -0.39 is 11.2 Å². The van der Waals surface area contributed by atoms with Crippen molar-refractivity contribution < 1.29 is 4.79 Å². The SMILES string of the molecule is CC1CC(NC(=O)Cn2c(=O)c3c(ncn3C)n(C)c2=O)CCN1. The third-order valence-corrected chi connectivity index (χ3v) is 4.49. The van der Waals surface area contributed by atoms with Crippen molar-refractivity contribution in [3.63, 3.8) is 0 Å². The number of aromatic nitrogens is 4. The third-order valence-electron chi connectivity index (χ3n) is 4.49. The molecule has 9 heteroatoms. The summed E-state index contributed by atoms with van der Waals surface area (Å²) in [6.07, 6.45) is 3.15. The number of fused-ring (bicyclic) bond motifs is 1. The summed E-state index contributed by atoms with van der Waals surface area (Å²) in [7, 11) is 3.22. The van der Waals surface area contributed by atoms with E-state index in [-0.39, 0.29) is 18.5 Å². The van der Waals surface area contributed by atoms with Crippen molar-refractivity contribution in [2.24, 2.45) is 14.1 Å². The predicted molar refractivity (Wildman–Crippen MR) is 88.8 cm³/mol. The van der Waals surface area contributed by atoms with Crippen molar-refractivity contribution in [1.82, 2.24) is 29.3 Å². The first-order valence-corrected chi connectivity index (χ1v) is 8.02. The van der Waals surface area contributed by atoms with Crippen molar-refractivity contribution >= 4 is 17.1 Å². The number of rotatable bonds is 3. The average Bonchev–Trinajstić information content (AvgIpc) is 2.91. The smallest absolute Gasteiger partial charge is 0.332 e. The van der Waals surface area contributed by atoms with Gasteiger partial charge in [-0.05, 0) is 26.3 Å². The summed E-state index contributed by atoms with van der Waals surface area (Å²) in [6.45, 7) is 2.62. The molecule has 1 saturated heterocycles. The van der Waals surface area contributed by atoms with Gasteiger partial charge < -0.3 is 15.2 Å². The Kier molecular flexibility index (Phi) is 4.27. The highest BCUT2D eigenvalue weighted by atomic mass is 16.2. The second-order valence-electron chi connectivity index (χ2n) is 6.40. The molecule has 0 aliphatic carbocycles. The van der Waals surface area contributed by atoms with E-state index in [2.05, 4.69) is 22.5 Å². The molecule has 3 heterocycles. The summed E-state index contributed by atoms with van der Waals surface area (Å²) in [4.78, 5) is 41.3. The van der Waals surface area contributed by atoms with E-state index in [4.69, 9.17) is 0 Å². The van der Waals surface area contributed by atoms with Gasteiger partial charge >= 0.3 is 5.69 Å². The summed E-state index contributed by atoms with van der Waals surface area (Å²) >= 11 is 0. The maximum absolute atomic E-state index is 12.6. The summed E-state index contributed by atoms with van der Waals surface area (Å²) in [5.74, 6) is -0.324. The number of piperidine rings is 1. The lowest BCUT2D eigenvalue weighted by atomic mass is 10.0. The molecule has 3 rings (SSSR count). The van der Waals surface area contributed by atoms with Gasteiger partial charge in [0.1, 0.15) is 6.54 Å². The first-order valence-electron chi connectivity index (χ1n) is 8.02. The molecule has 0 radical (unpaired) electrons. The molecule has 24 heavy (non-hydrogen) atoms. The number of hydrogen-bond donors (Lipinski definition) is 2. The van der Waals surface area contributed by atoms with Crippen LogP contribution in [0.15, 0.2) is 15.9 Å². The third kappa shape index (κ3) is 2.86. The van der Waals surface area contributed by atoms with E-state index >= 15 is 0 Å². The van der Waals surface area contributed by atoms with Gasteiger partial charge in [0.05, 0.1) is 6.33 Å². The van der Waals surface area contributed by atoms with Crippen LogP contribution in [0.1, 0.15) is 19.8 Å². The second-order valence-corrected chi connectivity index (χ2v) is 6.40. The number of nitrogens with zero attached hydrogens (tertiary/aromatic N) is 4. The Morgan fingerprint density at radius 2 is 2.17 bits per heavy atom. The van der Waals surface area contributed by atoms with Crippen LogP contribution in [-0.4, -0.2) is 43.2 Å². The first kappa shape index (κ1) is 16.4. The molecule has 1 aliphatic rings. The zero-order valence-electron chi connectivity index (χ0n) is 14.1. The molecule has 0 spiro atoms. The zero-order valence-corrected chi connectivity index (χ0v) is 14.1. The molecule has 2 unspecified atom stereocenters. The van der Waals surface area contributed by atoms with Crippen molar-refractivity contribution in [1.29, 1.82) is 0 Å². The quantitative estimate of drug-likeness (QED) is 0.725. The Morgan fingerprint density at radius 1 is 1.42 bits per heavy atom.